The average molecular weight is 562 g/mol. The normalized spacial score (nSPS) is 15.2. The number of pyridine rings is 1. The molecule has 1 unspecified atom stereocenters. The number of hydrogen-bond acceptors (Lipinski definition) is 6. The zero-order chi connectivity index (χ0) is 28.6. The Kier molecular flexibility index (Phi) is 7.10. The number of benzene rings is 3. The first-order chi connectivity index (χ1) is 19.9. The summed E-state index contributed by atoms with van der Waals surface area (Å²) < 4.78 is 15.7. The molecular formula is C31H26BClFN7. The van der Waals surface area contributed by atoms with Crippen LogP contribution in [0.25, 0.3) is 10.9 Å². The van der Waals surface area contributed by atoms with Gasteiger partial charge in [-0.25, -0.2) is 9.07 Å². The molecule has 0 aliphatic heterocycles. The molecule has 0 bridgehead atoms. The molecule has 2 heterocycles. The van der Waals surface area contributed by atoms with Crippen molar-refractivity contribution in [2.75, 3.05) is 10.6 Å². The van der Waals surface area contributed by atoms with Crippen molar-refractivity contribution in [2.24, 2.45) is 0 Å². The van der Waals surface area contributed by atoms with Crippen LogP contribution < -0.4 is 10.6 Å². The zero-order valence-corrected chi connectivity index (χ0v) is 23.1. The highest BCUT2D eigenvalue weighted by Crippen LogP contribution is 2.39. The molecule has 0 spiro atoms. The first-order valence-corrected chi connectivity index (χ1v) is 13.9. The fraction of sp³-hybridized carbons (Fsp3) is 0.226. The van der Waals surface area contributed by atoms with E-state index in [2.05, 4.69) is 51.1 Å². The molecule has 7 nitrogen and oxygen atoms in total. The minimum Gasteiger partial charge on any atom is -0.378 e. The molecule has 1 aliphatic carbocycles. The van der Waals surface area contributed by atoms with Gasteiger partial charge in [0, 0.05) is 17.3 Å². The maximum absolute atomic E-state index is 13.9. The Morgan fingerprint density at radius 2 is 1.93 bits per heavy atom. The Balaban J connectivity index is 1.46. The van der Waals surface area contributed by atoms with Crippen LogP contribution >= 0.6 is 11.6 Å². The molecule has 3 aromatic carbocycles. The van der Waals surface area contributed by atoms with E-state index in [0.29, 0.717) is 50.2 Å². The van der Waals surface area contributed by atoms with Crippen LogP contribution in [0.2, 0.25) is 5.02 Å². The van der Waals surface area contributed by atoms with Gasteiger partial charge in [0.05, 0.1) is 45.5 Å². The molecule has 2 atom stereocenters. The largest absolute Gasteiger partial charge is 0.378 e. The number of fused-ring (bicyclic) bond motifs is 1. The van der Waals surface area contributed by atoms with Crippen LogP contribution in [0, 0.1) is 17.1 Å². The molecular weight excluding hydrogens is 536 g/mol. The lowest BCUT2D eigenvalue weighted by molar-refractivity contribution is 0.610. The minimum atomic E-state index is -1.36. The Labute approximate surface area is 243 Å². The molecule has 1 fully saturated rings. The Hall–Kier alpha value is -4.42. The first-order valence-electron chi connectivity index (χ1n) is 13.5. The van der Waals surface area contributed by atoms with Crippen molar-refractivity contribution in [1.29, 1.82) is 5.26 Å². The summed E-state index contributed by atoms with van der Waals surface area (Å²) in [5.74, 6) is -0.374. The third-order valence-electron chi connectivity index (χ3n) is 7.45. The highest BCUT2D eigenvalue weighted by atomic mass is 35.5. The summed E-state index contributed by atoms with van der Waals surface area (Å²) in [5.41, 5.74) is 2.95. The summed E-state index contributed by atoms with van der Waals surface area (Å²) in [6, 6.07) is 22.1. The second kappa shape index (κ2) is 10.9. The lowest BCUT2D eigenvalue weighted by Crippen LogP contribution is -2.37. The predicted octanol–water partition coefficient (Wildman–Crippen LogP) is 6.87. The van der Waals surface area contributed by atoms with Crippen LogP contribution in [0.5, 0.6) is 0 Å². The van der Waals surface area contributed by atoms with Gasteiger partial charge in [0.15, 0.2) is 0 Å². The smallest absolute Gasteiger partial charge is 0.123 e. The molecule has 202 valence electrons. The van der Waals surface area contributed by atoms with Gasteiger partial charge in [-0.15, -0.1) is 5.10 Å². The minimum absolute atomic E-state index is 0.0467. The highest BCUT2D eigenvalue weighted by Gasteiger charge is 2.34. The molecule has 2 N–H and O–H groups in total. The molecule has 5 aromatic rings. The van der Waals surface area contributed by atoms with Gasteiger partial charge >= 0.3 is 0 Å². The SMILES string of the molecule is [B]C(Nc1cc(Cl)c2ncc(C#N)c(N[C@H](CC)c3ccccc3)c2c1)(c1ccc(F)cc1)c1cn(C2CC2)nn1. The molecule has 10 heteroatoms. The van der Waals surface area contributed by atoms with Crippen molar-refractivity contribution in [3.8, 4) is 6.07 Å². The van der Waals surface area contributed by atoms with Crippen molar-refractivity contribution in [3.05, 3.63) is 112 Å². The van der Waals surface area contributed by atoms with Crippen LogP contribution in [-0.4, -0.2) is 27.8 Å². The van der Waals surface area contributed by atoms with E-state index in [1.807, 2.05) is 35.1 Å². The Bertz CT molecular complexity index is 1750. The van der Waals surface area contributed by atoms with E-state index in [1.165, 1.54) is 18.3 Å². The van der Waals surface area contributed by atoms with Crippen molar-refractivity contribution in [3.63, 3.8) is 0 Å². The lowest BCUT2D eigenvalue weighted by Gasteiger charge is -2.32. The summed E-state index contributed by atoms with van der Waals surface area (Å²) in [4.78, 5) is 4.49. The second-order valence-electron chi connectivity index (χ2n) is 10.3. The van der Waals surface area contributed by atoms with Crippen molar-refractivity contribution in [1.82, 2.24) is 20.0 Å². The number of nitrogens with one attached hydrogen (secondary N) is 2. The van der Waals surface area contributed by atoms with Gasteiger partial charge in [-0.3, -0.25) is 4.98 Å². The third kappa shape index (κ3) is 5.23. The van der Waals surface area contributed by atoms with E-state index in [9.17, 15) is 9.65 Å². The molecule has 41 heavy (non-hydrogen) atoms. The van der Waals surface area contributed by atoms with Crippen LogP contribution in [0.15, 0.2) is 79.1 Å². The summed E-state index contributed by atoms with van der Waals surface area (Å²) in [7, 11) is 7.05. The highest BCUT2D eigenvalue weighted by molar-refractivity contribution is 6.36. The van der Waals surface area contributed by atoms with Gasteiger partial charge in [0.1, 0.15) is 25.4 Å². The number of halogens is 2. The fourth-order valence-electron chi connectivity index (χ4n) is 5.05. The monoisotopic (exact) mass is 561 g/mol. The number of hydrogen-bond donors (Lipinski definition) is 2. The molecule has 2 radical (unpaired) electrons. The average Bonchev–Trinajstić information content (AvgIpc) is 3.72. The van der Waals surface area contributed by atoms with Gasteiger partial charge in [-0.1, -0.05) is 66.2 Å². The van der Waals surface area contributed by atoms with E-state index in [0.717, 1.165) is 24.8 Å². The predicted molar refractivity (Wildman–Crippen MR) is 159 cm³/mol. The fourth-order valence-corrected chi connectivity index (χ4v) is 5.32. The van der Waals surface area contributed by atoms with Crippen LogP contribution in [0.1, 0.15) is 60.7 Å². The molecule has 2 aromatic heterocycles. The van der Waals surface area contributed by atoms with Crippen molar-refractivity contribution < 1.29 is 4.39 Å². The molecule has 1 aliphatic rings. The molecule has 1 saturated carbocycles. The Morgan fingerprint density at radius 3 is 2.61 bits per heavy atom. The topological polar surface area (TPSA) is 91.5 Å². The summed E-state index contributed by atoms with van der Waals surface area (Å²) >= 11 is 6.78. The number of rotatable bonds is 9. The number of nitrogens with zero attached hydrogens (tertiary/aromatic N) is 5. The second-order valence-corrected chi connectivity index (χ2v) is 10.7. The van der Waals surface area contributed by atoms with E-state index in [4.69, 9.17) is 19.4 Å². The van der Waals surface area contributed by atoms with Crippen molar-refractivity contribution in [2.45, 2.75) is 43.7 Å². The Morgan fingerprint density at radius 1 is 1.17 bits per heavy atom. The number of anilines is 2. The third-order valence-corrected chi connectivity index (χ3v) is 7.74. The van der Waals surface area contributed by atoms with Gasteiger partial charge < -0.3 is 10.6 Å². The molecule has 0 amide bonds. The van der Waals surface area contributed by atoms with Crippen LogP contribution in [0.4, 0.5) is 15.8 Å². The quantitative estimate of drug-likeness (QED) is 0.191. The van der Waals surface area contributed by atoms with Crippen LogP contribution in [-0.2, 0) is 5.44 Å². The maximum atomic E-state index is 13.9. The van der Waals surface area contributed by atoms with E-state index < -0.39 is 5.44 Å². The molecule has 0 saturated heterocycles. The standard InChI is InChI=1S/C31H26BClFN7/c1-2-27(19-6-4-3-5-7-19)37-29-20(16-35)17-36-30-25(29)14-23(15-26(30)33)38-31(32,21-8-10-22(34)11-9-21)28-18-41(40-39-28)24-12-13-24/h3-11,14-15,17-18,24,27,38H,2,12-13H2,1H3,(H,36,37)/t27-,31?/m1/s1. The van der Waals surface area contributed by atoms with Crippen molar-refractivity contribution >= 4 is 41.7 Å². The summed E-state index contributed by atoms with van der Waals surface area (Å²) in [6.07, 6.45) is 6.22. The summed E-state index contributed by atoms with van der Waals surface area (Å²) in [5, 5.41) is 26.7. The van der Waals surface area contributed by atoms with Gasteiger partial charge in [0.25, 0.3) is 0 Å². The molecule has 6 rings (SSSR count). The zero-order valence-electron chi connectivity index (χ0n) is 22.4. The summed E-state index contributed by atoms with van der Waals surface area (Å²) in [6.45, 7) is 2.08. The van der Waals surface area contributed by atoms with E-state index >= 15 is 0 Å². The van der Waals surface area contributed by atoms with Gasteiger partial charge in [0.2, 0.25) is 0 Å². The van der Waals surface area contributed by atoms with Gasteiger partial charge in [-0.2, -0.15) is 5.26 Å². The number of nitriles is 1. The first kappa shape index (κ1) is 26.8. The lowest BCUT2D eigenvalue weighted by atomic mass is 9.69. The van der Waals surface area contributed by atoms with E-state index in [-0.39, 0.29) is 11.9 Å². The maximum Gasteiger partial charge on any atom is 0.123 e. The van der Waals surface area contributed by atoms with E-state index in [1.54, 1.807) is 18.2 Å². The van der Waals surface area contributed by atoms with Crippen LogP contribution in [0.3, 0.4) is 0 Å². The number of aromatic nitrogens is 4. The van der Waals surface area contributed by atoms with Gasteiger partial charge in [-0.05, 0) is 54.7 Å².